The van der Waals surface area contributed by atoms with Crippen LogP contribution in [0, 0.1) is 5.92 Å². The Morgan fingerprint density at radius 2 is 1.77 bits per heavy atom. The molecule has 3 saturated carbocycles. The molecule has 0 radical (unpaired) electrons. The normalized spacial score (nSPS) is 29.9. The summed E-state index contributed by atoms with van der Waals surface area (Å²) in [6, 6.07) is 3.59. The first-order chi connectivity index (χ1) is 17.3. The Bertz CT molecular complexity index is 1020. The van der Waals surface area contributed by atoms with Crippen molar-refractivity contribution >= 4 is 17.0 Å². The second kappa shape index (κ2) is 9.31. The molecular formula is C28H43N7. The van der Waals surface area contributed by atoms with Crippen LogP contribution in [0.4, 0.5) is 5.95 Å². The van der Waals surface area contributed by atoms with E-state index in [0.717, 1.165) is 36.6 Å². The first-order valence-electron chi connectivity index (χ1n) is 14.6. The SMILES string of the molecule is c1nc(NC2CCC(N3CCN(CC4CC4)CC3)CC2)nc2c1cc1n2C2(CCCCC2)CNC1. The maximum absolute atomic E-state index is 5.14. The summed E-state index contributed by atoms with van der Waals surface area (Å²) in [5.41, 5.74) is 2.75. The Labute approximate surface area is 210 Å². The number of rotatable bonds is 5. The lowest BCUT2D eigenvalue weighted by atomic mass is 9.80. The first-order valence-corrected chi connectivity index (χ1v) is 14.6. The molecule has 35 heavy (non-hydrogen) atoms. The van der Waals surface area contributed by atoms with Gasteiger partial charge < -0.3 is 20.1 Å². The Morgan fingerprint density at radius 3 is 2.54 bits per heavy atom. The second-order valence-electron chi connectivity index (χ2n) is 12.3. The first kappa shape index (κ1) is 22.5. The zero-order chi connectivity index (χ0) is 23.2. The van der Waals surface area contributed by atoms with Crippen LogP contribution in [0.25, 0.3) is 11.0 Å². The Morgan fingerprint density at radius 1 is 0.971 bits per heavy atom. The molecule has 4 heterocycles. The fraction of sp³-hybridized carbons (Fsp3) is 0.786. The minimum atomic E-state index is 0.208. The van der Waals surface area contributed by atoms with Crippen molar-refractivity contribution in [1.29, 1.82) is 0 Å². The quantitative estimate of drug-likeness (QED) is 0.680. The maximum Gasteiger partial charge on any atom is 0.224 e. The van der Waals surface area contributed by atoms with Crippen LogP contribution in [-0.4, -0.2) is 75.7 Å². The molecule has 7 rings (SSSR count). The highest BCUT2D eigenvalue weighted by atomic mass is 15.3. The average molecular weight is 478 g/mol. The summed E-state index contributed by atoms with van der Waals surface area (Å²) in [4.78, 5) is 15.4. The molecule has 2 aliphatic heterocycles. The second-order valence-corrected chi connectivity index (χ2v) is 12.3. The van der Waals surface area contributed by atoms with Gasteiger partial charge in [-0.15, -0.1) is 0 Å². The van der Waals surface area contributed by atoms with E-state index in [4.69, 9.17) is 9.97 Å². The predicted molar refractivity (Wildman–Crippen MR) is 141 cm³/mol. The van der Waals surface area contributed by atoms with Gasteiger partial charge in [-0.2, -0.15) is 4.98 Å². The van der Waals surface area contributed by atoms with Crippen LogP contribution in [0.5, 0.6) is 0 Å². The van der Waals surface area contributed by atoms with Crippen molar-refractivity contribution in [1.82, 2.24) is 29.7 Å². The van der Waals surface area contributed by atoms with E-state index < -0.39 is 0 Å². The van der Waals surface area contributed by atoms with Crippen LogP contribution in [0.1, 0.15) is 76.3 Å². The van der Waals surface area contributed by atoms with Gasteiger partial charge in [-0.05, 0) is 63.4 Å². The number of piperazine rings is 1. The van der Waals surface area contributed by atoms with E-state index >= 15 is 0 Å². The average Bonchev–Trinajstić information content (AvgIpc) is 3.63. The van der Waals surface area contributed by atoms with E-state index in [-0.39, 0.29) is 5.54 Å². The van der Waals surface area contributed by atoms with Gasteiger partial charge in [0.05, 0.1) is 5.54 Å². The zero-order valence-electron chi connectivity index (χ0n) is 21.4. The third-order valence-electron chi connectivity index (χ3n) is 9.80. The van der Waals surface area contributed by atoms with Crippen LogP contribution in [0.15, 0.2) is 12.3 Å². The van der Waals surface area contributed by atoms with Crippen LogP contribution in [0.2, 0.25) is 0 Å². The lowest BCUT2D eigenvalue weighted by Crippen LogP contribution is -2.52. The largest absolute Gasteiger partial charge is 0.351 e. The van der Waals surface area contributed by atoms with Gasteiger partial charge in [-0.25, -0.2) is 4.98 Å². The van der Waals surface area contributed by atoms with E-state index in [1.807, 2.05) is 0 Å². The zero-order valence-corrected chi connectivity index (χ0v) is 21.4. The number of hydrogen-bond donors (Lipinski definition) is 2. The third kappa shape index (κ3) is 4.49. The van der Waals surface area contributed by atoms with Gasteiger partial charge in [0, 0.05) is 75.2 Å². The Balaban J connectivity index is 0.994. The van der Waals surface area contributed by atoms with Gasteiger partial charge in [0.1, 0.15) is 5.65 Å². The number of aromatic nitrogens is 3. The van der Waals surface area contributed by atoms with Crippen LogP contribution in [0.3, 0.4) is 0 Å². The van der Waals surface area contributed by atoms with E-state index in [9.17, 15) is 0 Å². The molecule has 0 unspecified atom stereocenters. The summed E-state index contributed by atoms with van der Waals surface area (Å²) in [5.74, 6) is 1.85. The number of fused-ring (bicyclic) bond motifs is 4. The predicted octanol–water partition coefficient (Wildman–Crippen LogP) is 3.94. The Hall–Kier alpha value is -1.70. The van der Waals surface area contributed by atoms with Crippen molar-refractivity contribution in [3.8, 4) is 0 Å². The molecule has 190 valence electrons. The molecular weight excluding hydrogens is 434 g/mol. The smallest absolute Gasteiger partial charge is 0.224 e. The number of nitrogens with zero attached hydrogens (tertiary/aromatic N) is 5. The van der Waals surface area contributed by atoms with Gasteiger partial charge >= 0.3 is 0 Å². The molecule has 4 fully saturated rings. The van der Waals surface area contributed by atoms with Gasteiger partial charge in [0.25, 0.3) is 0 Å². The lowest BCUT2D eigenvalue weighted by Gasteiger charge is -2.43. The molecule has 0 atom stereocenters. The molecule has 2 aromatic heterocycles. The molecule has 0 amide bonds. The molecule has 7 heteroatoms. The van der Waals surface area contributed by atoms with Crippen molar-refractivity contribution in [2.45, 2.75) is 94.8 Å². The van der Waals surface area contributed by atoms with Gasteiger partial charge in [0.2, 0.25) is 5.95 Å². The minimum absolute atomic E-state index is 0.208. The summed E-state index contributed by atoms with van der Waals surface area (Å²) in [5, 5.41) is 8.64. The van der Waals surface area contributed by atoms with Gasteiger partial charge in [-0.1, -0.05) is 19.3 Å². The molecule has 3 aliphatic carbocycles. The van der Waals surface area contributed by atoms with Crippen LogP contribution < -0.4 is 10.6 Å². The van der Waals surface area contributed by atoms with Crippen LogP contribution in [-0.2, 0) is 12.1 Å². The summed E-state index contributed by atoms with van der Waals surface area (Å²) >= 11 is 0. The summed E-state index contributed by atoms with van der Waals surface area (Å²) in [6.45, 7) is 8.48. The highest BCUT2D eigenvalue weighted by molar-refractivity contribution is 5.78. The van der Waals surface area contributed by atoms with Crippen molar-refractivity contribution in [3.05, 3.63) is 18.0 Å². The van der Waals surface area contributed by atoms with E-state index in [1.165, 1.54) is 114 Å². The highest BCUT2D eigenvalue weighted by Gasteiger charge is 2.39. The number of nitrogens with one attached hydrogen (secondary N) is 2. The van der Waals surface area contributed by atoms with Crippen LogP contribution >= 0.6 is 0 Å². The molecule has 2 aromatic rings. The molecule has 7 nitrogen and oxygen atoms in total. The molecule has 5 aliphatic rings. The maximum atomic E-state index is 5.14. The topological polar surface area (TPSA) is 61.3 Å². The van der Waals surface area contributed by atoms with Crippen molar-refractivity contribution in [2.75, 3.05) is 44.6 Å². The van der Waals surface area contributed by atoms with E-state index in [1.54, 1.807) is 0 Å². The Kier molecular flexibility index (Phi) is 5.98. The monoisotopic (exact) mass is 477 g/mol. The number of anilines is 1. The van der Waals surface area contributed by atoms with E-state index in [0.29, 0.717) is 6.04 Å². The van der Waals surface area contributed by atoms with E-state index in [2.05, 4.69) is 37.3 Å². The molecule has 1 saturated heterocycles. The van der Waals surface area contributed by atoms with Crippen molar-refractivity contribution < 1.29 is 0 Å². The minimum Gasteiger partial charge on any atom is -0.351 e. The molecule has 2 N–H and O–H groups in total. The third-order valence-corrected chi connectivity index (χ3v) is 9.80. The number of hydrogen-bond acceptors (Lipinski definition) is 6. The van der Waals surface area contributed by atoms with Gasteiger partial charge in [0.15, 0.2) is 0 Å². The molecule has 0 aromatic carbocycles. The molecule has 0 bridgehead atoms. The van der Waals surface area contributed by atoms with Crippen molar-refractivity contribution in [2.24, 2.45) is 5.92 Å². The summed E-state index contributed by atoms with van der Waals surface area (Å²) in [6.07, 6.45) is 16.6. The van der Waals surface area contributed by atoms with Crippen molar-refractivity contribution in [3.63, 3.8) is 0 Å². The fourth-order valence-electron chi connectivity index (χ4n) is 7.63. The lowest BCUT2D eigenvalue weighted by molar-refractivity contribution is 0.0752. The summed E-state index contributed by atoms with van der Waals surface area (Å²) < 4.78 is 2.60. The molecule has 1 spiro atoms. The highest BCUT2D eigenvalue weighted by Crippen LogP contribution is 2.40. The standard InChI is InChI=1S/C28H43N7/c1-2-10-28(11-3-1)20-29-18-25-16-22-17-30-27(32-26(22)35(25)28)31-23-6-8-24(9-7-23)34-14-12-33(13-15-34)19-21-4-5-21/h16-17,21,23-24,29H,1-15,18-20H2,(H,30,31,32). The fourth-order valence-corrected chi connectivity index (χ4v) is 7.63. The summed E-state index contributed by atoms with van der Waals surface area (Å²) in [7, 11) is 0. The van der Waals surface area contributed by atoms with Gasteiger partial charge in [-0.3, -0.25) is 4.90 Å².